The summed E-state index contributed by atoms with van der Waals surface area (Å²) in [4.78, 5) is 11.7. The van der Waals surface area contributed by atoms with Crippen LogP contribution in [0.4, 0.5) is 0 Å². The number of aryl methyl sites for hydroxylation is 3. The number of carbonyl (C=O) groups is 1. The second-order valence-corrected chi connectivity index (χ2v) is 9.34. The second-order valence-electron chi connectivity index (χ2n) is 6.52. The van der Waals surface area contributed by atoms with Crippen molar-refractivity contribution in [2.24, 2.45) is 0 Å². The highest BCUT2D eigenvalue weighted by atomic mass is 31.2. The molecule has 0 radical (unpaired) electrons. The summed E-state index contributed by atoms with van der Waals surface area (Å²) < 4.78 is 5.89. The van der Waals surface area contributed by atoms with E-state index in [1.165, 1.54) is 16.7 Å². The van der Waals surface area contributed by atoms with E-state index in [0.29, 0.717) is 6.61 Å². The molecular weight excluding hydrogens is 367 g/mol. The average Bonchev–Trinajstić information content (AvgIpc) is 2.67. The number of benzene rings is 3. The van der Waals surface area contributed by atoms with Crippen molar-refractivity contribution in [2.45, 2.75) is 27.7 Å². The summed E-state index contributed by atoms with van der Waals surface area (Å²) >= 11 is 0. The van der Waals surface area contributed by atoms with Crippen LogP contribution in [0, 0.1) is 20.8 Å². The predicted octanol–water partition coefficient (Wildman–Crippen LogP) is 4.58. The van der Waals surface area contributed by atoms with Crippen molar-refractivity contribution in [3.05, 3.63) is 95.6 Å². The fourth-order valence-corrected chi connectivity index (χ4v) is 5.69. The van der Waals surface area contributed by atoms with Gasteiger partial charge in [0, 0.05) is 0 Å². The Bertz CT molecular complexity index is 758. The van der Waals surface area contributed by atoms with Gasteiger partial charge >= 0.3 is 0 Å². The normalized spacial score (nSPS) is 10.3. The van der Waals surface area contributed by atoms with Crippen molar-refractivity contribution in [3.8, 4) is 0 Å². The summed E-state index contributed by atoms with van der Waals surface area (Å²) in [6, 6.07) is 27.1. The molecule has 0 aromatic heterocycles. The molecule has 2 N–H and O–H groups in total. The molecular formula is C24H30O3P+. The monoisotopic (exact) mass is 397 g/mol. The summed E-state index contributed by atoms with van der Waals surface area (Å²) in [6.45, 7) is 8.82. The Balaban J connectivity index is 0.000000332. The standard InChI is InChI=1S/C15H16O2P.C9H12.H2O/c1-2-17-18(13-16,14-9-5-3-6-10-14)15-11-7-4-8-12-15;1-7-4-8(2)6-9(3)5-7;/h3-13H,2H2,1H3;4-6H,1-3H3;1H2/q+1;;. The van der Waals surface area contributed by atoms with Crippen molar-refractivity contribution in [1.82, 2.24) is 0 Å². The fourth-order valence-electron chi connectivity index (χ4n) is 3.16. The van der Waals surface area contributed by atoms with E-state index in [0.717, 1.165) is 16.6 Å². The topological polar surface area (TPSA) is 57.8 Å². The largest absolute Gasteiger partial charge is 0.412 e. The molecule has 0 atom stereocenters. The first-order chi connectivity index (χ1) is 13.0. The molecule has 0 saturated heterocycles. The van der Waals surface area contributed by atoms with Gasteiger partial charge in [-0.15, -0.1) is 0 Å². The van der Waals surface area contributed by atoms with E-state index in [2.05, 4.69) is 39.0 Å². The van der Waals surface area contributed by atoms with E-state index in [4.69, 9.17) is 4.52 Å². The van der Waals surface area contributed by atoms with E-state index in [1.807, 2.05) is 67.6 Å². The summed E-state index contributed by atoms with van der Waals surface area (Å²) in [5, 5.41) is 1.93. The van der Waals surface area contributed by atoms with Crippen LogP contribution in [0.1, 0.15) is 23.6 Å². The molecule has 3 aromatic carbocycles. The fraction of sp³-hybridized carbons (Fsp3) is 0.208. The molecule has 0 aliphatic rings. The van der Waals surface area contributed by atoms with Crippen molar-refractivity contribution in [2.75, 3.05) is 6.61 Å². The zero-order chi connectivity index (χ0) is 19.7. The van der Waals surface area contributed by atoms with Gasteiger partial charge in [-0.1, -0.05) is 71.3 Å². The minimum absolute atomic E-state index is 0. The lowest BCUT2D eigenvalue weighted by atomic mass is 10.1. The van der Waals surface area contributed by atoms with Gasteiger partial charge in [0.05, 0.1) is 6.61 Å². The molecule has 0 spiro atoms. The molecule has 3 aromatic rings. The van der Waals surface area contributed by atoms with Crippen LogP contribution in [-0.2, 0) is 9.32 Å². The Hall–Kier alpha value is -2.32. The Labute approximate surface area is 169 Å². The van der Waals surface area contributed by atoms with Crippen LogP contribution in [0.5, 0.6) is 0 Å². The molecule has 28 heavy (non-hydrogen) atoms. The highest BCUT2D eigenvalue weighted by Crippen LogP contribution is 2.54. The van der Waals surface area contributed by atoms with Crippen molar-refractivity contribution < 1.29 is 14.8 Å². The van der Waals surface area contributed by atoms with Crippen LogP contribution in [0.15, 0.2) is 78.9 Å². The van der Waals surface area contributed by atoms with Gasteiger partial charge in [-0.25, -0.2) is 4.52 Å². The van der Waals surface area contributed by atoms with Crippen molar-refractivity contribution in [1.29, 1.82) is 0 Å². The molecule has 3 rings (SSSR count). The van der Waals surface area contributed by atoms with Crippen molar-refractivity contribution >= 4 is 24.1 Å². The Kier molecular flexibility index (Phi) is 9.75. The van der Waals surface area contributed by atoms with Gasteiger partial charge in [0.15, 0.2) is 0 Å². The summed E-state index contributed by atoms with van der Waals surface area (Å²) in [7, 11) is -2.36. The van der Waals surface area contributed by atoms with Crippen LogP contribution in [0.25, 0.3) is 0 Å². The summed E-state index contributed by atoms with van der Waals surface area (Å²) in [6.07, 6.45) is 0. The van der Waals surface area contributed by atoms with Gasteiger partial charge in [-0.3, -0.25) is 4.79 Å². The summed E-state index contributed by atoms with van der Waals surface area (Å²) in [5.41, 5.74) is 4.06. The highest BCUT2D eigenvalue weighted by molar-refractivity contribution is 7.97. The third-order valence-electron chi connectivity index (χ3n) is 4.13. The minimum Gasteiger partial charge on any atom is -0.412 e. The van der Waals surface area contributed by atoms with E-state index in [9.17, 15) is 4.79 Å². The van der Waals surface area contributed by atoms with Gasteiger partial charge in [-0.2, -0.15) is 0 Å². The zero-order valence-corrected chi connectivity index (χ0v) is 17.9. The van der Waals surface area contributed by atoms with Gasteiger partial charge < -0.3 is 5.48 Å². The molecule has 0 amide bonds. The van der Waals surface area contributed by atoms with Crippen LogP contribution in [0.2, 0.25) is 0 Å². The van der Waals surface area contributed by atoms with Crippen LogP contribution < -0.4 is 10.6 Å². The average molecular weight is 397 g/mol. The lowest BCUT2D eigenvalue weighted by Gasteiger charge is -2.18. The maximum Gasteiger partial charge on any atom is 0.296 e. The molecule has 4 heteroatoms. The Morgan fingerprint density at radius 3 is 1.39 bits per heavy atom. The van der Waals surface area contributed by atoms with E-state index < -0.39 is 7.49 Å². The first kappa shape index (κ1) is 23.7. The summed E-state index contributed by atoms with van der Waals surface area (Å²) in [5.74, 6) is 0. The molecule has 0 fully saturated rings. The minimum atomic E-state index is -2.36. The molecule has 0 bridgehead atoms. The number of hydrogen-bond donors (Lipinski definition) is 0. The Morgan fingerprint density at radius 2 is 1.11 bits per heavy atom. The quantitative estimate of drug-likeness (QED) is 0.467. The molecule has 0 aliphatic carbocycles. The first-order valence-corrected chi connectivity index (χ1v) is 10.9. The van der Waals surface area contributed by atoms with Gasteiger partial charge in [-0.05, 0) is 52.0 Å². The highest BCUT2D eigenvalue weighted by Gasteiger charge is 2.45. The maximum atomic E-state index is 11.7. The van der Waals surface area contributed by atoms with E-state index in [1.54, 1.807) is 0 Å². The van der Waals surface area contributed by atoms with Crippen molar-refractivity contribution in [3.63, 3.8) is 0 Å². The number of carbonyl (C=O) groups excluding carboxylic acids is 1. The molecule has 0 saturated carbocycles. The molecule has 148 valence electrons. The number of hydrogen-bond acceptors (Lipinski definition) is 2. The molecule has 0 aliphatic heterocycles. The lowest BCUT2D eigenvalue weighted by Crippen LogP contribution is -2.25. The molecule has 0 heterocycles. The van der Waals surface area contributed by atoms with E-state index >= 15 is 0 Å². The predicted molar refractivity (Wildman–Crippen MR) is 122 cm³/mol. The molecule has 3 nitrogen and oxygen atoms in total. The maximum absolute atomic E-state index is 11.7. The third-order valence-corrected chi connectivity index (χ3v) is 7.22. The molecule has 0 unspecified atom stereocenters. The SMILES string of the molecule is CCO[P+](C=O)(c1ccccc1)c1ccccc1.Cc1cc(C)cc(C)c1.O. The van der Waals surface area contributed by atoms with Gasteiger partial charge in [0.1, 0.15) is 10.6 Å². The second kappa shape index (κ2) is 11.5. The zero-order valence-electron chi connectivity index (χ0n) is 17.1. The van der Waals surface area contributed by atoms with Gasteiger partial charge in [0.25, 0.3) is 13.5 Å². The van der Waals surface area contributed by atoms with Crippen LogP contribution in [-0.4, -0.2) is 18.1 Å². The van der Waals surface area contributed by atoms with Crippen LogP contribution in [0.3, 0.4) is 0 Å². The van der Waals surface area contributed by atoms with Crippen LogP contribution >= 0.6 is 7.49 Å². The first-order valence-electron chi connectivity index (χ1n) is 9.17. The smallest absolute Gasteiger partial charge is 0.296 e. The number of rotatable bonds is 5. The van der Waals surface area contributed by atoms with E-state index in [-0.39, 0.29) is 5.48 Å². The van der Waals surface area contributed by atoms with Gasteiger partial charge in [0.2, 0.25) is 0 Å². The lowest BCUT2D eigenvalue weighted by molar-refractivity contribution is 0.380. The third kappa shape index (κ3) is 6.10. The Morgan fingerprint density at radius 1 is 0.750 bits per heavy atom.